The van der Waals surface area contributed by atoms with Crippen molar-refractivity contribution in [3.05, 3.63) is 30.4 Å². The largest absolute Gasteiger partial charge is 0.378 e. The van der Waals surface area contributed by atoms with Crippen molar-refractivity contribution >= 4 is 17.3 Å². The molecule has 0 amide bonds. The van der Waals surface area contributed by atoms with Gasteiger partial charge < -0.3 is 14.8 Å². The van der Waals surface area contributed by atoms with Crippen molar-refractivity contribution in [2.24, 2.45) is 17.8 Å². The number of aromatic nitrogens is 2. The molecule has 4 atom stereocenters. The number of nitrogens with one attached hydrogen (secondary N) is 2. The minimum absolute atomic E-state index is 0.374. The van der Waals surface area contributed by atoms with E-state index < -0.39 is 11.8 Å². The van der Waals surface area contributed by atoms with Crippen LogP contribution >= 0.6 is 11.8 Å². The third kappa shape index (κ3) is 3.10. The van der Waals surface area contributed by atoms with Crippen molar-refractivity contribution in [2.75, 3.05) is 13.1 Å². The molecular weight excluding hydrogens is 332 g/mol. The molecule has 25 heavy (non-hydrogen) atoms. The third-order valence-electron chi connectivity index (χ3n) is 5.48. The number of pyridine rings is 1. The number of piperidine rings is 1. The Morgan fingerprint density at radius 3 is 2.76 bits per heavy atom. The monoisotopic (exact) mass is 360 g/mol. The first-order chi connectivity index (χ1) is 11.9. The fraction of sp³-hybridized carbons (Fsp3) is 0.632. The quantitative estimate of drug-likeness (QED) is 0.546. The van der Waals surface area contributed by atoms with Gasteiger partial charge in [0.25, 0.3) is 0 Å². The van der Waals surface area contributed by atoms with E-state index in [0.717, 1.165) is 24.4 Å². The Morgan fingerprint density at radius 1 is 1.36 bits per heavy atom. The first-order valence-corrected chi connectivity index (χ1v) is 10.1. The van der Waals surface area contributed by atoms with Crippen LogP contribution in [0, 0.1) is 17.8 Å². The predicted octanol–water partition coefficient (Wildman–Crippen LogP) is 2.44. The highest BCUT2D eigenvalue weighted by atomic mass is 32.2. The number of rotatable bonds is 6. The van der Waals surface area contributed by atoms with E-state index in [2.05, 4.69) is 61.1 Å². The van der Waals surface area contributed by atoms with E-state index >= 15 is 0 Å². The first-order valence-electron chi connectivity index (χ1n) is 9.18. The average molecular weight is 361 g/mol. The second kappa shape index (κ2) is 6.27. The molecule has 3 heterocycles. The molecule has 136 valence electrons. The zero-order chi connectivity index (χ0) is 17.8. The summed E-state index contributed by atoms with van der Waals surface area (Å²) in [7, 11) is 0. The summed E-state index contributed by atoms with van der Waals surface area (Å²) in [6.07, 6.45) is 3.53. The first kappa shape index (κ1) is 17.3. The fourth-order valence-corrected chi connectivity index (χ4v) is 5.21. The lowest BCUT2D eigenvalue weighted by Crippen LogP contribution is -2.47. The van der Waals surface area contributed by atoms with Gasteiger partial charge in [0, 0.05) is 22.3 Å². The van der Waals surface area contributed by atoms with Crippen molar-refractivity contribution in [3.63, 3.8) is 0 Å². The number of aliphatic hydroxyl groups is 1. The number of imidazole rings is 1. The highest BCUT2D eigenvalue weighted by Gasteiger charge is 2.56. The van der Waals surface area contributed by atoms with Crippen molar-refractivity contribution in [3.8, 4) is 0 Å². The highest BCUT2D eigenvalue weighted by Crippen LogP contribution is 2.50. The SMILES string of the molecule is CC(C)Sc1cccn2c(C(C)(C)NC(O)C3[C@H]4CNC[C@@H]34)ncc12. The topological polar surface area (TPSA) is 61.6 Å². The molecule has 0 radical (unpaired) electrons. The molecule has 0 spiro atoms. The van der Waals surface area contributed by atoms with Crippen LogP contribution in [-0.4, -0.2) is 39.1 Å². The lowest BCUT2D eigenvalue weighted by Gasteiger charge is -2.29. The van der Waals surface area contributed by atoms with E-state index in [0.29, 0.717) is 23.0 Å². The maximum atomic E-state index is 10.7. The average Bonchev–Trinajstić information content (AvgIpc) is 2.89. The summed E-state index contributed by atoms with van der Waals surface area (Å²) in [5.74, 6) is 2.57. The molecule has 1 aliphatic heterocycles. The summed E-state index contributed by atoms with van der Waals surface area (Å²) in [4.78, 5) is 5.95. The number of nitrogens with zero attached hydrogens (tertiary/aromatic N) is 2. The summed E-state index contributed by atoms with van der Waals surface area (Å²) in [6, 6.07) is 4.23. The van der Waals surface area contributed by atoms with Crippen LogP contribution in [0.2, 0.25) is 0 Å². The molecule has 0 bridgehead atoms. The van der Waals surface area contributed by atoms with Crippen LogP contribution in [0.15, 0.2) is 29.4 Å². The summed E-state index contributed by atoms with van der Waals surface area (Å²) in [6.45, 7) is 10.7. The molecule has 4 rings (SSSR count). The molecule has 5 nitrogen and oxygen atoms in total. The number of thioether (sulfide) groups is 1. The summed E-state index contributed by atoms with van der Waals surface area (Å²) in [5.41, 5.74) is 0.727. The van der Waals surface area contributed by atoms with Crippen LogP contribution in [0.25, 0.3) is 5.52 Å². The maximum Gasteiger partial charge on any atom is 0.133 e. The van der Waals surface area contributed by atoms with Crippen LogP contribution in [0.5, 0.6) is 0 Å². The fourth-order valence-electron chi connectivity index (χ4n) is 4.28. The van der Waals surface area contributed by atoms with Crippen LogP contribution in [0.1, 0.15) is 33.5 Å². The van der Waals surface area contributed by atoms with Crippen LogP contribution in [0.4, 0.5) is 0 Å². The van der Waals surface area contributed by atoms with Crippen LogP contribution < -0.4 is 10.6 Å². The minimum atomic E-state index is -0.479. The second-order valence-corrected chi connectivity index (χ2v) is 9.77. The predicted molar refractivity (Wildman–Crippen MR) is 102 cm³/mol. The van der Waals surface area contributed by atoms with Crippen LogP contribution in [0.3, 0.4) is 0 Å². The Morgan fingerprint density at radius 2 is 2.08 bits per heavy atom. The third-order valence-corrected chi connectivity index (χ3v) is 6.56. The smallest absolute Gasteiger partial charge is 0.133 e. The van der Waals surface area contributed by atoms with Gasteiger partial charge in [-0.2, -0.15) is 0 Å². The summed E-state index contributed by atoms with van der Waals surface area (Å²) in [5, 5.41) is 18.0. The van der Waals surface area contributed by atoms with Crippen LogP contribution in [-0.2, 0) is 5.54 Å². The number of fused-ring (bicyclic) bond motifs is 2. The molecule has 1 aliphatic carbocycles. The molecule has 2 fully saturated rings. The zero-order valence-electron chi connectivity index (χ0n) is 15.4. The molecule has 2 aliphatic rings. The van der Waals surface area contributed by atoms with Gasteiger partial charge in [0.05, 0.1) is 17.3 Å². The Bertz CT molecular complexity index is 762. The van der Waals surface area contributed by atoms with Gasteiger partial charge in [-0.05, 0) is 50.9 Å². The number of hydrogen-bond donors (Lipinski definition) is 3. The summed E-state index contributed by atoms with van der Waals surface area (Å²) >= 11 is 1.85. The van der Waals surface area contributed by atoms with Gasteiger partial charge in [-0.1, -0.05) is 13.8 Å². The van der Waals surface area contributed by atoms with Gasteiger partial charge in [-0.3, -0.25) is 5.32 Å². The molecule has 1 saturated heterocycles. The highest BCUT2D eigenvalue weighted by molar-refractivity contribution is 8.00. The molecule has 6 heteroatoms. The molecule has 1 saturated carbocycles. The molecule has 0 aromatic carbocycles. The van der Waals surface area contributed by atoms with Crippen molar-refractivity contribution in [1.82, 2.24) is 20.0 Å². The van der Waals surface area contributed by atoms with Crippen molar-refractivity contribution < 1.29 is 5.11 Å². The Kier molecular flexibility index (Phi) is 4.35. The second-order valence-electron chi connectivity index (χ2n) is 8.15. The van der Waals surface area contributed by atoms with E-state index in [1.54, 1.807) is 0 Å². The Labute approximate surface area is 153 Å². The number of aliphatic hydroxyl groups excluding tert-OH is 1. The van der Waals surface area contributed by atoms with Crippen molar-refractivity contribution in [1.29, 1.82) is 0 Å². The van der Waals surface area contributed by atoms with E-state index in [4.69, 9.17) is 4.98 Å². The van der Waals surface area contributed by atoms with Gasteiger partial charge in [0.2, 0.25) is 0 Å². The standard InChI is InChI=1S/C19H28N4OS/c1-11(2)25-15-6-5-7-23-14(15)10-21-18(23)19(3,4)22-17(24)16-12-8-20-9-13(12)16/h5-7,10-13,16-17,20,22,24H,8-9H2,1-4H3/t12-,13+,16?,17?. The normalized spacial score (nSPS) is 27.0. The van der Waals surface area contributed by atoms with Crippen molar-refractivity contribution in [2.45, 2.75) is 49.6 Å². The van der Waals surface area contributed by atoms with Gasteiger partial charge >= 0.3 is 0 Å². The lowest BCUT2D eigenvalue weighted by atomic mass is 10.0. The Balaban J connectivity index is 1.57. The Hall–Kier alpha value is -1.08. The zero-order valence-corrected chi connectivity index (χ0v) is 16.2. The van der Waals surface area contributed by atoms with E-state index in [1.807, 2.05) is 18.0 Å². The molecule has 2 aromatic rings. The van der Waals surface area contributed by atoms with Gasteiger partial charge in [0.15, 0.2) is 0 Å². The minimum Gasteiger partial charge on any atom is -0.378 e. The molecular formula is C19H28N4OS. The van der Waals surface area contributed by atoms with Gasteiger partial charge in [-0.15, -0.1) is 11.8 Å². The van der Waals surface area contributed by atoms with E-state index in [1.165, 1.54) is 4.90 Å². The summed E-state index contributed by atoms with van der Waals surface area (Å²) < 4.78 is 2.15. The molecule has 2 aromatic heterocycles. The van der Waals surface area contributed by atoms with E-state index in [-0.39, 0.29) is 0 Å². The lowest BCUT2D eigenvalue weighted by molar-refractivity contribution is 0.0671. The number of hydrogen-bond acceptors (Lipinski definition) is 5. The maximum absolute atomic E-state index is 10.7. The van der Waals surface area contributed by atoms with Gasteiger partial charge in [-0.25, -0.2) is 4.98 Å². The molecule has 3 N–H and O–H groups in total. The molecule has 2 unspecified atom stereocenters. The van der Waals surface area contributed by atoms with Gasteiger partial charge in [0.1, 0.15) is 12.1 Å². The van der Waals surface area contributed by atoms with E-state index in [9.17, 15) is 5.11 Å².